The lowest BCUT2D eigenvalue weighted by Gasteiger charge is -2.31. The molecule has 208 valence electrons. The van der Waals surface area contributed by atoms with Gasteiger partial charge in [-0.15, -0.1) is 0 Å². The predicted octanol–water partition coefficient (Wildman–Crippen LogP) is 3.59. The summed E-state index contributed by atoms with van der Waals surface area (Å²) in [5, 5.41) is 2.78. The summed E-state index contributed by atoms with van der Waals surface area (Å²) in [7, 11) is 2.87. The Morgan fingerprint density at radius 3 is 2.40 bits per heavy atom. The van der Waals surface area contributed by atoms with Gasteiger partial charge in [-0.2, -0.15) is 4.37 Å². The monoisotopic (exact) mass is 567 g/mol. The molecule has 0 aliphatic heterocycles. The highest BCUT2D eigenvalue weighted by Crippen LogP contribution is 2.40. The first kappa shape index (κ1) is 28.1. The van der Waals surface area contributed by atoms with E-state index in [1.807, 2.05) is 0 Å². The van der Waals surface area contributed by atoms with Crippen molar-refractivity contribution in [2.45, 2.75) is 19.5 Å². The Labute approximate surface area is 232 Å². The number of primary amides is 1. The maximum Gasteiger partial charge on any atom is 0.273 e. The minimum Gasteiger partial charge on any atom is -0.497 e. The van der Waals surface area contributed by atoms with Crippen LogP contribution in [0, 0.1) is 12.7 Å². The second kappa shape index (κ2) is 11.9. The van der Waals surface area contributed by atoms with Gasteiger partial charge in [0.25, 0.3) is 17.7 Å². The summed E-state index contributed by atoms with van der Waals surface area (Å²) in [4.78, 5) is 40.8. The zero-order valence-electron chi connectivity index (χ0n) is 21.8. The first-order valence-corrected chi connectivity index (χ1v) is 12.6. The Bertz CT molecular complexity index is 1550. The molecule has 0 bridgehead atoms. The number of hydrogen-bond acceptors (Lipinski definition) is 9. The maximum atomic E-state index is 14.2. The van der Waals surface area contributed by atoms with Gasteiger partial charge in [0, 0.05) is 12.6 Å². The van der Waals surface area contributed by atoms with Crippen molar-refractivity contribution in [1.82, 2.24) is 9.69 Å². The first-order chi connectivity index (χ1) is 19.1. The van der Waals surface area contributed by atoms with Crippen molar-refractivity contribution in [3.63, 3.8) is 0 Å². The second-order valence-corrected chi connectivity index (χ2v) is 9.32. The van der Waals surface area contributed by atoms with E-state index in [0.29, 0.717) is 28.6 Å². The average Bonchev–Trinajstić information content (AvgIpc) is 3.55. The van der Waals surface area contributed by atoms with Crippen LogP contribution in [0.2, 0.25) is 0 Å². The van der Waals surface area contributed by atoms with Crippen LogP contribution >= 0.6 is 11.5 Å². The number of aromatic nitrogens is 1. The van der Waals surface area contributed by atoms with E-state index >= 15 is 0 Å². The quantitative estimate of drug-likeness (QED) is 0.262. The lowest BCUT2D eigenvalue weighted by atomic mass is 10.1. The number of hydrogen-bond donors (Lipinski definition) is 3. The fourth-order valence-corrected chi connectivity index (χ4v) is 4.69. The summed E-state index contributed by atoms with van der Waals surface area (Å²) in [6.45, 7) is 1.73. The van der Waals surface area contributed by atoms with E-state index in [-0.39, 0.29) is 40.0 Å². The molecule has 4 rings (SSSR count). The number of methoxy groups -OCH3 is 2. The molecule has 2 aromatic heterocycles. The number of nitrogens with two attached hydrogens (primary N) is 2. The zero-order valence-corrected chi connectivity index (χ0v) is 22.6. The summed E-state index contributed by atoms with van der Waals surface area (Å²) < 4.78 is 34.0. The van der Waals surface area contributed by atoms with Gasteiger partial charge in [-0.25, -0.2) is 4.39 Å². The van der Waals surface area contributed by atoms with Gasteiger partial charge in [-0.1, -0.05) is 12.1 Å². The summed E-state index contributed by atoms with van der Waals surface area (Å²) in [5.41, 5.74) is 11.8. The third-order valence-corrected chi connectivity index (χ3v) is 6.79. The molecule has 3 amide bonds. The Morgan fingerprint density at radius 2 is 1.82 bits per heavy atom. The van der Waals surface area contributed by atoms with Crippen LogP contribution in [-0.2, 0) is 11.3 Å². The maximum absolute atomic E-state index is 14.2. The van der Waals surface area contributed by atoms with Gasteiger partial charge in [0.2, 0.25) is 0 Å². The van der Waals surface area contributed by atoms with Crippen molar-refractivity contribution >= 4 is 40.6 Å². The number of benzene rings is 2. The van der Waals surface area contributed by atoms with Crippen LogP contribution in [0.25, 0.3) is 0 Å². The fourth-order valence-electron chi connectivity index (χ4n) is 3.95. The van der Waals surface area contributed by atoms with Crippen molar-refractivity contribution in [2.75, 3.05) is 24.9 Å². The lowest BCUT2D eigenvalue weighted by molar-refractivity contribution is -0.123. The van der Waals surface area contributed by atoms with Gasteiger partial charge in [0.05, 0.1) is 25.6 Å². The van der Waals surface area contributed by atoms with Gasteiger partial charge in [-0.05, 0) is 60.4 Å². The highest BCUT2D eigenvalue weighted by molar-refractivity contribution is 7.09. The molecule has 5 N–H and O–H groups in total. The zero-order chi connectivity index (χ0) is 29.0. The van der Waals surface area contributed by atoms with Crippen molar-refractivity contribution < 1.29 is 32.7 Å². The minimum absolute atomic E-state index is 0.0333. The summed E-state index contributed by atoms with van der Waals surface area (Å²) in [6, 6.07) is 12.1. The van der Waals surface area contributed by atoms with Crippen molar-refractivity contribution in [3.05, 3.63) is 88.1 Å². The topological polar surface area (TPSA) is 163 Å². The molecule has 11 nitrogen and oxygen atoms in total. The van der Waals surface area contributed by atoms with Gasteiger partial charge >= 0.3 is 0 Å². The van der Waals surface area contributed by atoms with Crippen LogP contribution in [0.4, 0.5) is 15.8 Å². The molecule has 0 fully saturated rings. The number of halogens is 1. The number of anilines is 2. The molecule has 0 aliphatic rings. The molecular weight excluding hydrogens is 541 g/mol. The molecular formula is C27H26FN5O6S. The normalized spacial score (nSPS) is 11.5. The minimum atomic E-state index is -1.37. The van der Waals surface area contributed by atoms with Crippen LogP contribution in [0.1, 0.15) is 43.3 Å². The summed E-state index contributed by atoms with van der Waals surface area (Å²) >= 11 is 0.667. The largest absolute Gasteiger partial charge is 0.497 e. The predicted molar refractivity (Wildman–Crippen MR) is 146 cm³/mol. The van der Waals surface area contributed by atoms with Gasteiger partial charge in [0.1, 0.15) is 33.7 Å². The van der Waals surface area contributed by atoms with E-state index in [1.54, 1.807) is 31.2 Å². The van der Waals surface area contributed by atoms with Crippen molar-refractivity contribution in [3.8, 4) is 11.5 Å². The molecule has 40 heavy (non-hydrogen) atoms. The van der Waals surface area contributed by atoms with E-state index in [0.717, 1.165) is 4.90 Å². The number of aryl methyl sites for hydroxylation is 1. The number of ether oxygens (including phenoxy) is 2. The van der Waals surface area contributed by atoms with Crippen molar-refractivity contribution in [1.29, 1.82) is 0 Å². The number of nitrogens with one attached hydrogen (secondary N) is 1. The first-order valence-electron chi connectivity index (χ1n) is 11.8. The van der Waals surface area contributed by atoms with E-state index < -0.39 is 29.6 Å². The second-order valence-electron chi connectivity index (χ2n) is 8.55. The summed E-state index contributed by atoms with van der Waals surface area (Å²) in [6.07, 6.45) is 0. The highest BCUT2D eigenvalue weighted by atomic mass is 32.1. The number of rotatable bonds is 10. The third-order valence-electron chi connectivity index (χ3n) is 5.94. The lowest BCUT2D eigenvalue weighted by Crippen LogP contribution is -2.44. The molecule has 0 saturated heterocycles. The van der Waals surface area contributed by atoms with Crippen LogP contribution < -0.4 is 31.2 Å². The average molecular weight is 568 g/mol. The Hall–Kier alpha value is -4.91. The van der Waals surface area contributed by atoms with Gasteiger partial charge in [-0.3, -0.25) is 19.3 Å². The van der Waals surface area contributed by atoms with Crippen LogP contribution in [0.3, 0.4) is 0 Å². The van der Waals surface area contributed by atoms with Gasteiger partial charge in [0.15, 0.2) is 11.7 Å². The standard InChI is InChI=1S/C27H26FN5O6S/c1-14-4-11-19(39-14)23(26(35)31-13-15-5-7-16(28)8-6-15)33(18-10-9-17(37-2)12-20(18)38-3)27(36)24-21(29)22(25(30)34)32-40-24/h4-12,23H,13,29H2,1-3H3,(H2,30,34)(H,31,35)/t23-/m1/s1. The van der Waals surface area contributed by atoms with Gasteiger partial charge < -0.3 is 30.7 Å². The molecule has 4 aromatic rings. The number of carbonyl (C=O) groups is 3. The molecule has 0 saturated carbocycles. The van der Waals surface area contributed by atoms with E-state index in [4.69, 9.17) is 25.4 Å². The Balaban J connectivity index is 1.86. The summed E-state index contributed by atoms with van der Waals surface area (Å²) in [5.74, 6) is -1.44. The molecule has 13 heteroatoms. The molecule has 2 aromatic carbocycles. The number of nitrogens with zero attached hydrogens (tertiary/aromatic N) is 2. The molecule has 0 aliphatic carbocycles. The molecule has 0 radical (unpaired) electrons. The van der Waals surface area contributed by atoms with Crippen LogP contribution in [0.15, 0.2) is 59.0 Å². The fraction of sp³-hybridized carbons (Fsp3) is 0.185. The van der Waals surface area contributed by atoms with Crippen molar-refractivity contribution in [2.24, 2.45) is 5.73 Å². The Morgan fingerprint density at radius 1 is 1.10 bits per heavy atom. The number of amides is 3. The Kier molecular flexibility index (Phi) is 8.34. The molecule has 2 heterocycles. The van der Waals surface area contributed by atoms with Crippen LogP contribution in [-0.4, -0.2) is 36.3 Å². The third kappa shape index (κ3) is 5.73. The SMILES string of the molecule is COc1ccc(N(C(=O)c2snc(C(N)=O)c2N)[C@@H](C(=O)NCc2ccc(F)cc2)c2ccc(C)o2)c(OC)c1. The number of carbonyl (C=O) groups excluding carboxylic acids is 3. The van der Waals surface area contributed by atoms with E-state index in [1.165, 1.54) is 44.6 Å². The molecule has 0 unspecified atom stereocenters. The van der Waals surface area contributed by atoms with Crippen LogP contribution in [0.5, 0.6) is 11.5 Å². The highest BCUT2D eigenvalue weighted by Gasteiger charge is 2.39. The van der Waals surface area contributed by atoms with E-state index in [9.17, 15) is 18.8 Å². The van der Waals surface area contributed by atoms with E-state index in [2.05, 4.69) is 9.69 Å². The molecule has 0 spiro atoms. The number of furan rings is 1. The molecule has 1 atom stereocenters. The number of nitrogen functional groups attached to an aromatic ring is 1. The smallest absolute Gasteiger partial charge is 0.273 e.